The molecule has 0 N–H and O–H groups in total. The highest BCUT2D eigenvalue weighted by Gasteiger charge is 2.27. The second-order valence-corrected chi connectivity index (χ2v) is 8.13. The van der Waals surface area contributed by atoms with Crippen molar-refractivity contribution in [2.24, 2.45) is 0 Å². The zero-order chi connectivity index (χ0) is 21.8. The van der Waals surface area contributed by atoms with E-state index in [1.54, 1.807) is 17.2 Å². The summed E-state index contributed by atoms with van der Waals surface area (Å²) < 4.78 is 5.44. The molecule has 0 radical (unpaired) electrons. The van der Waals surface area contributed by atoms with E-state index in [2.05, 4.69) is 19.9 Å². The second-order valence-electron chi connectivity index (χ2n) is 7.40. The summed E-state index contributed by atoms with van der Waals surface area (Å²) >= 11 is 12.3. The Morgan fingerprint density at radius 1 is 1.21 bits per heavy atom. The zero-order valence-corrected chi connectivity index (χ0v) is 18.7. The van der Waals surface area contributed by atoms with Crippen molar-refractivity contribution in [1.29, 1.82) is 5.26 Å². The normalized spacial score (nSPS) is 14.1. The Hall–Kier alpha value is -2.37. The van der Waals surface area contributed by atoms with Crippen LogP contribution < -0.4 is 4.90 Å². The largest absolute Gasteiger partial charge is 0.444 e. The Morgan fingerprint density at radius 3 is 2.34 bits per heavy atom. The molecule has 0 bridgehead atoms. The van der Waals surface area contributed by atoms with E-state index >= 15 is 0 Å². The number of ether oxygens (including phenoxy) is 1. The summed E-state index contributed by atoms with van der Waals surface area (Å²) in [6.07, 6.45) is 1.34. The van der Waals surface area contributed by atoms with E-state index in [1.807, 2.05) is 27.7 Å². The number of halogens is 2. The Balaban J connectivity index is 0.000000941. The number of aromatic nitrogens is 3. The van der Waals surface area contributed by atoms with Crippen molar-refractivity contribution in [2.45, 2.75) is 40.2 Å². The molecule has 3 heterocycles. The first-order valence-corrected chi connectivity index (χ1v) is 9.85. The van der Waals surface area contributed by atoms with Gasteiger partial charge in [-0.3, -0.25) is 0 Å². The van der Waals surface area contributed by atoms with Crippen LogP contribution in [0.4, 0.5) is 10.6 Å². The molecular formula is C19H24Cl2N6O2. The third-order valence-electron chi connectivity index (χ3n) is 3.96. The lowest BCUT2D eigenvalue weighted by Gasteiger charge is -2.36. The molecule has 0 spiro atoms. The summed E-state index contributed by atoms with van der Waals surface area (Å²) in [6.45, 7) is 11.2. The zero-order valence-electron chi connectivity index (χ0n) is 17.2. The fourth-order valence-electron chi connectivity index (χ4n) is 2.80. The summed E-state index contributed by atoms with van der Waals surface area (Å²) in [5.41, 5.74) is 0.0827. The van der Waals surface area contributed by atoms with Gasteiger partial charge in [-0.1, -0.05) is 23.2 Å². The highest BCUT2D eigenvalue weighted by atomic mass is 35.5. The van der Waals surface area contributed by atoms with Crippen LogP contribution in [0.1, 0.15) is 33.5 Å². The average Bonchev–Trinajstić information content (AvgIpc) is 2.64. The molecule has 1 saturated heterocycles. The average molecular weight is 439 g/mol. The number of nitriles is 1. The third kappa shape index (κ3) is 5.81. The molecule has 156 valence electrons. The first-order valence-electron chi connectivity index (χ1n) is 9.09. The van der Waals surface area contributed by atoms with Crippen LogP contribution in [0.3, 0.4) is 0 Å². The topological polar surface area (TPSA) is 95.2 Å². The van der Waals surface area contributed by atoms with Crippen LogP contribution in [0.2, 0.25) is 10.2 Å². The maximum absolute atomic E-state index is 12.2. The Kier molecular flexibility index (Phi) is 7.44. The molecule has 29 heavy (non-hydrogen) atoms. The van der Waals surface area contributed by atoms with Gasteiger partial charge in [-0.25, -0.2) is 19.7 Å². The number of amides is 1. The van der Waals surface area contributed by atoms with Gasteiger partial charge in [0.2, 0.25) is 0 Å². The summed E-state index contributed by atoms with van der Waals surface area (Å²) in [4.78, 5) is 29.1. The van der Waals surface area contributed by atoms with Crippen LogP contribution in [0.5, 0.6) is 0 Å². The molecule has 3 rings (SSSR count). The summed E-state index contributed by atoms with van der Waals surface area (Å²) in [6, 6.07) is 1.75. The molecule has 2 aromatic rings. The van der Waals surface area contributed by atoms with E-state index in [1.165, 1.54) is 6.92 Å². The first-order chi connectivity index (χ1) is 13.6. The Labute approximate surface area is 180 Å². The monoisotopic (exact) mass is 438 g/mol. The van der Waals surface area contributed by atoms with Gasteiger partial charge in [0.1, 0.15) is 27.4 Å². The standard InChI is InChI=1S/C17H21Cl2N5O2.C2H3N/c1-10-21-13-11(9-20-14(19)12(13)18)15(22-10)23-5-7-24(8-6-23)16(25)26-17(2,3)4;1-2-3/h9H,5-8H2,1-4H3;1H3. The van der Waals surface area contributed by atoms with Crippen molar-refractivity contribution in [3.63, 3.8) is 0 Å². The van der Waals surface area contributed by atoms with Crippen LogP contribution in [-0.2, 0) is 4.74 Å². The molecule has 0 aromatic carbocycles. The number of carbonyl (C=O) groups excluding carboxylic acids is 1. The van der Waals surface area contributed by atoms with Crippen molar-refractivity contribution >= 4 is 46.0 Å². The maximum Gasteiger partial charge on any atom is 0.410 e. The number of nitrogens with zero attached hydrogens (tertiary/aromatic N) is 6. The molecule has 0 unspecified atom stereocenters. The van der Waals surface area contributed by atoms with E-state index < -0.39 is 5.60 Å². The van der Waals surface area contributed by atoms with Gasteiger partial charge < -0.3 is 14.5 Å². The number of carbonyl (C=O) groups is 1. The predicted molar refractivity (Wildman–Crippen MR) is 113 cm³/mol. The minimum atomic E-state index is -0.504. The molecular weight excluding hydrogens is 415 g/mol. The summed E-state index contributed by atoms with van der Waals surface area (Å²) in [5, 5.41) is 8.61. The van der Waals surface area contributed by atoms with Crippen LogP contribution in [0.15, 0.2) is 6.20 Å². The molecule has 0 saturated carbocycles. The van der Waals surface area contributed by atoms with Crippen LogP contribution in [0.25, 0.3) is 10.9 Å². The molecule has 8 nitrogen and oxygen atoms in total. The van der Waals surface area contributed by atoms with Crippen molar-refractivity contribution in [3.8, 4) is 6.07 Å². The van der Waals surface area contributed by atoms with Crippen LogP contribution in [0, 0.1) is 18.3 Å². The lowest BCUT2D eigenvalue weighted by Crippen LogP contribution is -2.50. The smallest absolute Gasteiger partial charge is 0.410 e. The Bertz CT molecular complexity index is 931. The van der Waals surface area contributed by atoms with E-state index in [-0.39, 0.29) is 11.2 Å². The fraction of sp³-hybridized carbons (Fsp3) is 0.526. The van der Waals surface area contributed by atoms with E-state index in [0.717, 1.165) is 11.2 Å². The van der Waals surface area contributed by atoms with Gasteiger partial charge in [0.25, 0.3) is 0 Å². The summed E-state index contributed by atoms with van der Waals surface area (Å²) in [7, 11) is 0. The van der Waals surface area contributed by atoms with Gasteiger partial charge >= 0.3 is 6.09 Å². The molecule has 1 amide bonds. The van der Waals surface area contributed by atoms with Crippen molar-refractivity contribution in [2.75, 3.05) is 31.1 Å². The number of fused-ring (bicyclic) bond motifs is 1. The molecule has 1 aliphatic heterocycles. The number of hydrogen-bond donors (Lipinski definition) is 0. The van der Waals surface area contributed by atoms with Gasteiger partial charge in [-0.05, 0) is 27.7 Å². The minimum Gasteiger partial charge on any atom is -0.444 e. The Morgan fingerprint density at radius 2 is 1.79 bits per heavy atom. The quantitative estimate of drug-likeness (QED) is 0.614. The number of rotatable bonds is 1. The van der Waals surface area contributed by atoms with Crippen molar-refractivity contribution in [3.05, 3.63) is 22.2 Å². The highest BCUT2D eigenvalue weighted by molar-refractivity contribution is 6.44. The third-order valence-corrected chi connectivity index (χ3v) is 4.71. The second kappa shape index (κ2) is 9.42. The fourth-order valence-corrected chi connectivity index (χ4v) is 3.13. The van der Waals surface area contributed by atoms with Crippen LogP contribution >= 0.6 is 23.2 Å². The first kappa shape index (κ1) is 22.9. The number of aryl methyl sites for hydroxylation is 1. The number of anilines is 1. The maximum atomic E-state index is 12.2. The predicted octanol–water partition coefficient (Wildman–Crippen LogP) is 4.23. The lowest BCUT2D eigenvalue weighted by molar-refractivity contribution is 0.0240. The van der Waals surface area contributed by atoms with Crippen molar-refractivity contribution in [1.82, 2.24) is 19.9 Å². The van der Waals surface area contributed by atoms with Crippen molar-refractivity contribution < 1.29 is 9.53 Å². The molecule has 0 atom stereocenters. The van der Waals surface area contributed by atoms with Gasteiger partial charge in [0, 0.05) is 39.3 Å². The van der Waals surface area contributed by atoms with E-state index in [9.17, 15) is 4.79 Å². The number of piperazine rings is 1. The van der Waals surface area contributed by atoms with Gasteiger partial charge in [-0.15, -0.1) is 0 Å². The van der Waals surface area contributed by atoms with Gasteiger partial charge in [0.15, 0.2) is 0 Å². The van der Waals surface area contributed by atoms with Gasteiger partial charge in [0.05, 0.1) is 17.0 Å². The summed E-state index contributed by atoms with van der Waals surface area (Å²) in [5.74, 6) is 1.36. The highest BCUT2D eigenvalue weighted by Crippen LogP contribution is 2.32. The van der Waals surface area contributed by atoms with E-state index in [4.69, 9.17) is 33.2 Å². The minimum absolute atomic E-state index is 0.220. The SMILES string of the molecule is CC#N.Cc1nc(N2CCN(C(=O)OC(C)(C)C)CC2)c2cnc(Cl)c(Cl)c2n1. The molecule has 10 heteroatoms. The molecule has 2 aromatic heterocycles. The van der Waals surface area contributed by atoms with Gasteiger partial charge in [-0.2, -0.15) is 5.26 Å². The lowest BCUT2D eigenvalue weighted by atomic mass is 10.2. The molecule has 0 aliphatic carbocycles. The molecule has 1 aliphatic rings. The number of hydrogen-bond acceptors (Lipinski definition) is 7. The molecule has 1 fully saturated rings. The van der Waals surface area contributed by atoms with Crippen LogP contribution in [-0.4, -0.2) is 57.7 Å². The number of pyridine rings is 1. The van der Waals surface area contributed by atoms with E-state index in [0.29, 0.717) is 42.5 Å².